The molecule has 76 valence electrons. The molecule has 0 unspecified atom stereocenters. The van der Waals surface area contributed by atoms with Gasteiger partial charge in [-0.1, -0.05) is 19.9 Å². The molecule has 0 aromatic carbocycles. The van der Waals surface area contributed by atoms with Crippen LogP contribution < -0.4 is 0 Å². The van der Waals surface area contributed by atoms with Gasteiger partial charge < -0.3 is 4.90 Å². The normalized spacial score (nSPS) is 17.3. The zero-order valence-corrected chi connectivity index (χ0v) is 9.05. The zero-order chi connectivity index (χ0) is 10.3. The Hall–Kier alpha value is -0.790. The molecule has 1 heterocycles. The van der Waals surface area contributed by atoms with E-state index in [1.807, 2.05) is 24.8 Å². The summed E-state index contributed by atoms with van der Waals surface area (Å²) in [5.41, 5.74) is 0. The van der Waals surface area contributed by atoms with E-state index in [9.17, 15) is 4.79 Å². The van der Waals surface area contributed by atoms with Crippen molar-refractivity contribution in [3.63, 3.8) is 0 Å². The van der Waals surface area contributed by atoms with Crippen molar-refractivity contribution in [3.05, 3.63) is 12.7 Å². The lowest BCUT2D eigenvalue weighted by molar-refractivity contribution is -0.129. The van der Waals surface area contributed by atoms with Crippen molar-refractivity contribution in [1.29, 1.82) is 0 Å². The Morgan fingerprint density at radius 1 is 1.38 bits per heavy atom. The Labute approximate surface area is 81.6 Å². The minimum Gasteiger partial charge on any atom is -0.343 e. The average molecular weight is 183 g/mol. The second kappa shape index (κ2) is 6.70. The van der Waals surface area contributed by atoms with Crippen LogP contribution in [0.25, 0.3) is 0 Å². The molecule has 0 aliphatic carbocycles. The highest BCUT2D eigenvalue weighted by molar-refractivity contribution is 5.73. The summed E-state index contributed by atoms with van der Waals surface area (Å²) in [6.07, 6.45) is 4.17. The molecule has 2 heteroatoms. The molecule has 13 heavy (non-hydrogen) atoms. The maximum atomic E-state index is 10.9. The molecule has 1 amide bonds. The number of piperidine rings is 1. The van der Waals surface area contributed by atoms with E-state index in [-0.39, 0.29) is 5.91 Å². The van der Waals surface area contributed by atoms with Crippen molar-refractivity contribution >= 4 is 5.91 Å². The molecule has 1 fully saturated rings. The molecule has 0 N–H and O–H groups in total. The fraction of sp³-hybridized carbons (Fsp3) is 0.727. The van der Waals surface area contributed by atoms with E-state index in [2.05, 4.69) is 6.58 Å². The highest BCUT2D eigenvalue weighted by Crippen LogP contribution is 2.17. The SMILES string of the molecule is C=CC1CCN(C(C)=O)CC1.CC. The fourth-order valence-corrected chi connectivity index (χ4v) is 1.45. The number of amides is 1. The predicted molar refractivity (Wildman–Crippen MR) is 56.5 cm³/mol. The maximum Gasteiger partial charge on any atom is 0.219 e. The van der Waals surface area contributed by atoms with Gasteiger partial charge in [-0.15, -0.1) is 6.58 Å². The van der Waals surface area contributed by atoms with Gasteiger partial charge in [0.1, 0.15) is 0 Å². The van der Waals surface area contributed by atoms with Gasteiger partial charge in [0.25, 0.3) is 0 Å². The highest BCUT2D eigenvalue weighted by Gasteiger charge is 2.17. The summed E-state index contributed by atoms with van der Waals surface area (Å²) in [5.74, 6) is 0.832. The molecule has 0 atom stereocenters. The van der Waals surface area contributed by atoms with E-state index >= 15 is 0 Å². The second-order valence-electron chi connectivity index (χ2n) is 3.08. The number of rotatable bonds is 1. The van der Waals surface area contributed by atoms with E-state index in [0.29, 0.717) is 5.92 Å². The summed E-state index contributed by atoms with van der Waals surface area (Å²) in [5, 5.41) is 0. The van der Waals surface area contributed by atoms with E-state index in [4.69, 9.17) is 0 Å². The third-order valence-corrected chi connectivity index (χ3v) is 2.32. The number of hydrogen-bond donors (Lipinski definition) is 0. The van der Waals surface area contributed by atoms with Gasteiger partial charge in [0, 0.05) is 20.0 Å². The zero-order valence-electron chi connectivity index (χ0n) is 9.05. The van der Waals surface area contributed by atoms with Crippen molar-refractivity contribution in [2.75, 3.05) is 13.1 Å². The number of likely N-dealkylation sites (tertiary alicyclic amines) is 1. The van der Waals surface area contributed by atoms with Crippen LogP contribution in [0.15, 0.2) is 12.7 Å². The van der Waals surface area contributed by atoms with Gasteiger partial charge in [-0.3, -0.25) is 4.79 Å². The predicted octanol–water partition coefficient (Wildman–Crippen LogP) is 2.46. The van der Waals surface area contributed by atoms with Crippen LogP contribution in [0.3, 0.4) is 0 Å². The molecule has 0 radical (unpaired) electrons. The third kappa shape index (κ3) is 4.11. The van der Waals surface area contributed by atoms with Gasteiger partial charge in [0.2, 0.25) is 5.91 Å². The highest BCUT2D eigenvalue weighted by atomic mass is 16.2. The summed E-state index contributed by atoms with van der Waals surface area (Å²) in [6, 6.07) is 0. The van der Waals surface area contributed by atoms with Crippen molar-refractivity contribution < 1.29 is 4.79 Å². The van der Waals surface area contributed by atoms with Crippen LogP contribution in [0, 0.1) is 5.92 Å². The molecule has 0 saturated carbocycles. The van der Waals surface area contributed by atoms with Crippen molar-refractivity contribution in [3.8, 4) is 0 Å². The van der Waals surface area contributed by atoms with E-state index < -0.39 is 0 Å². The lowest BCUT2D eigenvalue weighted by Gasteiger charge is -2.29. The number of carbonyl (C=O) groups excluding carboxylic acids is 1. The fourth-order valence-electron chi connectivity index (χ4n) is 1.45. The van der Waals surface area contributed by atoms with Gasteiger partial charge in [0.05, 0.1) is 0 Å². The summed E-state index contributed by atoms with van der Waals surface area (Å²) in [6.45, 7) is 11.2. The molecular weight excluding hydrogens is 162 g/mol. The van der Waals surface area contributed by atoms with Crippen molar-refractivity contribution in [2.24, 2.45) is 5.92 Å². The molecule has 0 spiro atoms. The minimum absolute atomic E-state index is 0.201. The first-order valence-electron chi connectivity index (χ1n) is 5.12. The van der Waals surface area contributed by atoms with Crippen LogP contribution in [0.5, 0.6) is 0 Å². The van der Waals surface area contributed by atoms with E-state index in [0.717, 1.165) is 25.9 Å². The van der Waals surface area contributed by atoms with Crippen LogP contribution in [-0.4, -0.2) is 23.9 Å². The maximum absolute atomic E-state index is 10.9. The van der Waals surface area contributed by atoms with Crippen LogP contribution >= 0.6 is 0 Å². The van der Waals surface area contributed by atoms with Gasteiger partial charge in [-0.2, -0.15) is 0 Å². The van der Waals surface area contributed by atoms with Crippen LogP contribution in [0.4, 0.5) is 0 Å². The Balaban J connectivity index is 0.000000671. The summed E-state index contributed by atoms with van der Waals surface area (Å²) in [4.78, 5) is 12.8. The summed E-state index contributed by atoms with van der Waals surface area (Å²) in [7, 11) is 0. The van der Waals surface area contributed by atoms with Crippen molar-refractivity contribution in [1.82, 2.24) is 4.90 Å². The average Bonchev–Trinajstić information content (AvgIpc) is 2.21. The first-order valence-corrected chi connectivity index (χ1v) is 5.12. The molecule has 0 bridgehead atoms. The number of allylic oxidation sites excluding steroid dienone is 1. The standard InChI is InChI=1S/C9H15NO.C2H6/c1-3-9-4-6-10(7-5-9)8(2)11;1-2/h3,9H,1,4-7H2,2H3;1-2H3. The van der Waals surface area contributed by atoms with Gasteiger partial charge in [-0.05, 0) is 18.8 Å². The molecule has 0 aromatic rings. The molecule has 1 rings (SSSR count). The Morgan fingerprint density at radius 3 is 2.15 bits per heavy atom. The van der Waals surface area contributed by atoms with Gasteiger partial charge >= 0.3 is 0 Å². The van der Waals surface area contributed by atoms with Crippen LogP contribution in [0.2, 0.25) is 0 Å². The Bertz CT molecular complexity index is 157. The minimum atomic E-state index is 0.201. The lowest BCUT2D eigenvalue weighted by Crippen LogP contribution is -2.36. The van der Waals surface area contributed by atoms with E-state index in [1.165, 1.54) is 0 Å². The number of carbonyl (C=O) groups is 1. The van der Waals surface area contributed by atoms with Crippen LogP contribution in [0.1, 0.15) is 33.6 Å². The number of nitrogens with zero attached hydrogens (tertiary/aromatic N) is 1. The molecule has 2 nitrogen and oxygen atoms in total. The second-order valence-corrected chi connectivity index (χ2v) is 3.08. The van der Waals surface area contributed by atoms with Gasteiger partial charge in [-0.25, -0.2) is 0 Å². The van der Waals surface area contributed by atoms with Crippen molar-refractivity contribution in [2.45, 2.75) is 33.6 Å². The number of hydrogen-bond acceptors (Lipinski definition) is 1. The summed E-state index contributed by atoms with van der Waals surface area (Å²) < 4.78 is 0. The van der Waals surface area contributed by atoms with Gasteiger partial charge in [0.15, 0.2) is 0 Å². The monoisotopic (exact) mass is 183 g/mol. The first-order chi connectivity index (χ1) is 6.24. The smallest absolute Gasteiger partial charge is 0.219 e. The molecule has 1 saturated heterocycles. The largest absolute Gasteiger partial charge is 0.343 e. The molecule has 1 aliphatic rings. The van der Waals surface area contributed by atoms with E-state index in [1.54, 1.807) is 6.92 Å². The first kappa shape index (κ1) is 12.2. The molecular formula is C11H21NO. The molecule has 0 aromatic heterocycles. The lowest BCUT2D eigenvalue weighted by atomic mass is 9.97. The topological polar surface area (TPSA) is 20.3 Å². The quantitative estimate of drug-likeness (QED) is 0.572. The molecule has 1 aliphatic heterocycles. The summed E-state index contributed by atoms with van der Waals surface area (Å²) >= 11 is 0. The van der Waals surface area contributed by atoms with Crippen LogP contribution in [-0.2, 0) is 4.79 Å². The third-order valence-electron chi connectivity index (χ3n) is 2.32. The Morgan fingerprint density at radius 2 is 1.85 bits per heavy atom. The Kier molecular flexibility index (Phi) is 6.29.